The Balaban J connectivity index is 1.67. The number of aromatic nitrogens is 1. The third-order valence-electron chi connectivity index (χ3n) is 6.84. The predicted octanol–water partition coefficient (Wildman–Crippen LogP) is 6.49. The van der Waals surface area contributed by atoms with Crippen molar-refractivity contribution in [1.82, 2.24) is 15.6 Å². The molecule has 1 fully saturated rings. The van der Waals surface area contributed by atoms with E-state index in [1.54, 1.807) is 0 Å². The minimum absolute atomic E-state index is 0.0221. The minimum Gasteiger partial charge on any atom is -0.352 e. The first-order chi connectivity index (χ1) is 16.3. The van der Waals surface area contributed by atoms with Crippen LogP contribution in [0.2, 0.25) is 0 Å². The van der Waals surface area contributed by atoms with E-state index >= 15 is 0 Å². The quantitative estimate of drug-likeness (QED) is 0.352. The molecule has 4 heteroatoms. The van der Waals surface area contributed by atoms with Gasteiger partial charge in [0.1, 0.15) is 0 Å². The largest absolute Gasteiger partial charge is 0.352 e. The predicted molar refractivity (Wildman–Crippen MR) is 137 cm³/mol. The van der Waals surface area contributed by atoms with E-state index in [0.29, 0.717) is 6.54 Å². The standard InChI is InChI=1S/C29H37N3O/c1-2-3-19-30-21-25-27(29(33)31-20-18-22-12-6-4-7-13-22)24-16-10-11-17-26(24)32-28(25)23-14-8-5-9-15-23/h5,8-11,14-17,22,30H,2-4,6-7,12-13,18-21H2,1H3,(H,31,33). The minimum atomic E-state index is 0.0221. The van der Waals surface area contributed by atoms with Crippen molar-refractivity contribution in [3.8, 4) is 11.3 Å². The van der Waals surface area contributed by atoms with Gasteiger partial charge in [0, 0.05) is 29.6 Å². The molecule has 2 N–H and O–H groups in total. The van der Waals surface area contributed by atoms with Gasteiger partial charge in [0.05, 0.1) is 16.8 Å². The van der Waals surface area contributed by atoms with Crippen LogP contribution in [0.25, 0.3) is 22.2 Å². The van der Waals surface area contributed by atoms with Crippen LogP contribution in [0.1, 0.15) is 74.2 Å². The zero-order valence-electron chi connectivity index (χ0n) is 19.9. The van der Waals surface area contributed by atoms with Crippen LogP contribution in [-0.4, -0.2) is 24.0 Å². The van der Waals surface area contributed by atoms with Gasteiger partial charge >= 0.3 is 0 Å². The zero-order chi connectivity index (χ0) is 22.9. The number of hydrogen-bond acceptors (Lipinski definition) is 3. The van der Waals surface area contributed by atoms with E-state index in [-0.39, 0.29) is 5.91 Å². The molecular weight excluding hydrogens is 406 g/mol. The van der Waals surface area contributed by atoms with Crippen molar-refractivity contribution >= 4 is 16.8 Å². The van der Waals surface area contributed by atoms with Gasteiger partial charge in [0.2, 0.25) is 0 Å². The molecule has 0 aliphatic heterocycles. The number of benzene rings is 2. The summed E-state index contributed by atoms with van der Waals surface area (Å²) in [4.78, 5) is 18.6. The van der Waals surface area contributed by atoms with E-state index in [4.69, 9.17) is 4.98 Å². The average Bonchev–Trinajstić information content (AvgIpc) is 2.87. The van der Waals surface area contributed by atoms with Gasteiger partial charge in [-0.1, -0.05) is 94.0 Å². The van der Waals surface area contributed by atoms with Crippen LogP contribution < -0.4 is 10.6 Å². The first-order valence-corrected chi connectivity index (χ1v) is 12.7. The molecule has 1 heterocycles. The monoisotopic (exact) mass is 443 g/mol. The van der Waals surface area contributed by atoms with Gasteiger partial charge in [-0.25, -0.2) is 4.98 Å². The van der Waals surface area contributed by atoms with Crippen molar-refractivity contribution in [2.24, 2.45) is 5.92 Å². The molecular formula is C29H37N3O. The lowest BCUT2D eigenvalue weighted by atomic mass is 9.87. The lowest BCUT2D eigenvalue weighted by Crippen LogP contribution is -2.29. The smallest absolute Gasteiger partial charge is 0.252 e. The maximum absolute atomic E-state index is 13.6. The molecule has 1 saturated carbocycles. The Kier molecular flexibility index (Phi) is 8.48. The van der Waals surface area contributed by atoms with Gasteiger partial charge in [-0.05, 0) is 31.4 Å². The molecule has 3 aromatic rings. The summed E-state index contributed by atoms with van der Waals surface area (Å²) in [6.45, 7) is 4.50. The van der Waals surface area contributed by atoms with Gasteiger partial charge < -0.3 is 10.6 Å². The SMILES string of the molecule is CCCCNCc1c(-c2ccccc2)nc2ccccc2c1C(=O)NCCC1CCCCC1. The lowest BCUT2D eigenvalue weighted by molar-refractivity contribution is 0.0951. The second-order valence-electron chi connectivity index (χ2n) is 9.28. The van der Waals surface area contributed by atoms with Crippen LogP contribution in [0.15, 0.2) is 54.6 Å². The van der Waals surface area contributed by atoms with Crippen molar-refractivity contribution in [1.29, 1.82) is 0 Å². The molecule has 1 aromatic heterocycles. The van der Waals surface area contributed by atoms with Crippen LogP contribution in [0.4, 0.5) is 0 Å². The number of unbranched alkanes of at least 4 members (excludes halogenated alkanes) is 1. The molecule has 4 nitrogen and oxygen atoms in total. The summed E-state index contributed by atoms with van der Waals surface area (Å²) in [5, 5.41) is 7.76. The molecule has 0 radical (unpaired) electrons. The van der Waals surface area contributed by atoms with Gasteiger partial charge in [-0.2, -0.15) is 0 Å². The van der Waals surface area contributed by atoms with E-state index in [9.17, 15) is 4.79 Å². The molecule has 0 saturated heterocycles. The van der Waals surface area contributed by atoms with Crippen LogP contribution in [0.3, 0.4) is 0 Å². The Hall–Kier alpha value is -2.72. The molecule has 0 spiro atoms. The first-order valence-electron chi connectivity index (χ1n) is 12.7. The summed E-state index contributed by atoms with van der Waals surface area (Å²) < 4.78 is 0. The highest BCUT2D eigenvalue weighted by atomic mass is 16.1. The zero-order valence-corrected chi connectivity index (χ0v) is 19.9. The molecule has 1 aliphatic carbocycles. The fourth-order valence-electron chi connectivity index (χ4n) is 4.99. The van der Waals surface area contributed by atoms with E-state index in [2.05, 4.69) is 29.7 Å². The Bertz CT molecular complexity index is 1040. The number of carbonyl (C=O) groups is 1. The van der Waals surface area contributed by atoms with Crippen molar-refractivity contribution < 1.29 is 4.79 Å². The highest BCUT2D eigenvalue weighted by Gasteiger charge is 2.22. The second-order valence-corrected chi connectivity index (χ2v) is 9.28. The van der Waals surface area contributed by atoms with Crippen LogP contribution in [0, 0.1) is 5.92 Å². The molecule has 0 unspecified atom stereocenters. The Morgan fingerprint density at radius 2 is 1.73 bits per heavy atom. The molecule has 4 rings (SSSR count). The summed E-state index contributed by atoms with van der Waals surface area (Å²) >= 11 is 0. The Morgan fingerprint density at radius 1 is 0.970 bits per heavy atom. The van der Waals surface area contributed by atoms with Gasteiger partial charge in [-0.3, -0.25) is 4.79 Å². The molecule has 174 valence electrons. The van der Waals surface area contributed by atoms with E-state index < -0.39 is 0 Å². The van der Waals surface area contributed by atoms with Crippen LogP contribution in [0.5, 0.6) is 0 Å². The first kappa shape index (κ1) is 23.4. The lowest BCUT2D eigenvalue weighted by Gasteiger charge is -2.22. The number of pyridine rings is 1. The van der Waals surface area contributed by atoms with Crippen molar-refractivity contribution in [3.63, 3.8) is 0 Å². The summed E-state index contributed by atoms with van der Waals surface area (Å²) in [6, 6.07) is 18.3. The number of rotatable bonds is 10. The second kappa shape index (κ2) is 11.9. The summed E-state index contributed by atoms with van der Waals surface area (Å²) in [7, 11) is 0. The van der Waals surface area contributed by atoms with Gasteiger partial charge in [0.25, 0.3) is 5.91 Å². The average molecular weight is 444 g/mol. The fourth-order valence-corrected chi connectivity index (χ4v) is 4.99. The number of fused-ring (bicyclic) bond motifs is 1. The summed E-state index contributed by atoms with van der Waals surface area (Å²) in [6.07, 6.45) is 9.97. The molecule has 1 amide bonds. The topological polar surface area (TPSA) is 54.0 Å². The summed E-state index contributed by atoms with van der Waals surface area (Å²) in [5.74, 6) is 0.775. The van der Waals surface area contributed by atoms with E-state index in [0.717, 1.165) is 71.6 Å². The van der Waals surface area contributed by atoms with Crippen LogP contribution >= 0.6 is 0 Å². The van der Waals surface area contributed by atoms with Gasteiger partial charge in [0.15, 0.2) is 0 Å². The fraction of sp³-hybridized carbons (Fsp3) is 0.448. The van der Waals surface area contributed by atoms with E-state index in [1.165, 1.54) is 32.1 Å². The highest BCUT2D eigenvalue weighted by Crippen LogP contribution is 2.31. The number of hydrogen-bond donors (Lipinski definition) is 2. The number of carbonyl (C=O) groups excluding carboxylic acids is 1. The molecule has 0 atom stereocenters. The Labute approximate surface area is 198 Å². The third kappa shape index (κ3) is 6.00. The Morgan fingerprint density at radius 3 is 2.52 bits per heavy atom. The molecule has 0 bridgehead atoms. The highest BCUT2D eigenvalue weighted by molar-refractivity contribution is 6.09. The number of nitrogens with zero attached hydrogens (tertiary/aromatic N) is 1. The van der Waals surface area contributed by atoms with Crippen LogP contribution in [-0.2, 0) is 6.54 Å². The normalized spacial score (nSPS) is 14.5. The number of nitrogens with one attached hydrogen (secondary N) is 2. The van der Waals surface area contributed by atoms with Crippen molar-refractivity contribution in [2.75, 3.05) is 13.1 Å². The van der Waals surface area contributed by atoms with Gasteiger partial charge in [-0.15, -0.1) is 0 Å². The summed E-state index contributed by atoms with van der Waals surface area (Å²) in [5.41, 5.74) is 4.58. The third-order valence-corrected chi connectivity index (χ3v) is 6.84. The van der Waals surface area contributed by atoms with Crippen molar-refractivity contribution in [3.05, 3.63) is 65.7 Å². The molecule has 2 aromatic carbocycles. The maximum atomic E-state index is 13.6. The molecule has 1 aliphatic rings. The number of para-hydroxylation sites is 1. The number of amides is 1. The van der Waals surface area contributed by atoms with Crippen molar-refractivity contribution in [2.45, 2.75) is 64.8 Å². The maximum Gasteiger partial charge on any atom is 0.252 e. The van der Waals surface area contributed by atoms with E-state index in [1.807, 2.05) is 42.5 Å². The molecule has 33 heavy (non-hydrogen) atoms.